The second-order valence-electron chi connectivity index (χ2n) is 6.36. The summed E-state index contributed by atoms with van der Waals surface area (Å²) < 4.78 is 2.61. The fourth-order valence-corrected chi connectivity index (χ4v) is 5.31. The van der Waals surface area contributed by atoms with E-state index in [9.17, 15) is 0 Å². The molecule has 1 aliphatic carbocycles. The van der Waals surface area contributed by atoms with Gasteiger partial charge in [-0.15, -0.1) is 11.3 Å². The molecule has 0 amide bonds. The van der Waals surface area contributed by atoms with Gasteiger partial charge in [0.15, 0.2) is 0 Å². The Labute approximate surface area is 140 Å². The molecule has 1 atom stereocenters. The molecular weight excluding hydrogens is 342 g/mol. The fourth-order valence-electron chi connectivity index (χ4n) is 3.65. The molecule has 0 spiro atoms. The third-order valence-electron chi connectivity index (χ3n) is 4.87. The van der Waals surface area contributed by atoms with Gasteiger partial charge in [-0.05, 0) is 69.5 Å². The van der Waals surface area contributed by atoms with Gasteiger partial charge < -0.3 is 5.32 Å². The molecule has 1 aromatic heterocycles. The Balaban J connectivity index is 1.94. The van der Waals surface area contributed by atoms with E-state index in [0.717, 1.165) is 18.4 Å². The molecule has 114 valence electrons. The maximum atomic E-state index is 3.77. The molecule has 3 rings (SSSR count). The van der Waals surface area contributed by atoms with Crippen molar-refractivity contribution in [1.29, 1.82) is 0 Å². The first-order valence-corrected chi connectivity index (χ1v) is 9.77. The third-order valence-corrected chi connectivity index (χ3v) is 6.84. The summed E-state index contributed by atoms with van der Waals surface area (Å²) in [6.07, 6.45) is 5.50. The maximum absolute atomic E-state index is 3.77. The normalized spacial score (nSPS) is 24.3. The first-order valence-electron chi connectivity index (χ1n) is 8.09. The van der Waals surface area contributed by atoms with Gasteiger partial charge in [-0.2, -0.15) is 0 Å². The van der Waals surface area contributed by atoms with Gasteiger partial charge in [-0.25, -0.2) is 0 Å². The predicted octanol–water partition coefficient (Wildman–Crippen LogP) is 6.14. The van der Waals surface area contributed by atoms with Crippen LogP contribution >= 0.6 is 27.3 Å². The van der Waals surface area contributed by atoms with Crippen molar-refractivity contribution in [1.82, 2.24) is 5.32 Å². The van der Waals surface area contributed by atoms with E-state index in [2.05, 4.69) is 58.7 Å². The smallest absolute Gasteiger partial charge is 0.0488 e. The zero-order valence-corrected chi connectivity index (χ0v) is 15.3. The number of benzene rings is 1. The van der Waals surface area contributed by atoms with Crippen molar-refractivity contribution in [2.75, 3.05) is 6.54 Å². The zero-order chi connectivity index (χ0) is 14.8. The highest BCUT2D eigenvalue weighted by Crippen LogP contribution is 2.42. The highest BCUT2D eigenvalue weighted by atomic mass is 79.9. The fraction of sp³-hybridized carbons (Fsp3) is 0.556. The Bertz CT molecular complexity index is 598. The van der Waals surface area contributed by atoms with Gasteiger partial charge in [-0.3, -0.25) is 0 Å². The van der Waals surface area contributed by atoms with Crippen molar-refractivity contribution in [3.63, 3.8) is 0 Å². The molecule has 1 heterocycles. The lowest BCUT2D eigenvalue weighted by Crippen LogP contribution is -2.30. The van der Waals surface area contributed by atoms with E-state index < -0.39 is 0 Å². The van der Waals surface area contributed by atoms with E-state index in [1.54, 1.807) is 0 Å². The number of rotatable bonds is 4. The van der Waals surface area contributed by atoms with Crippen molar-refractivity contribution in [2.45, 2.75) is 45.6 Å². The molecule has 1 unspecified atom stereocenters. The maximum Gasteiger partial charge on any atom is 0.0488 e. The first-order chi connectivity index (χ1) is 10.2. The van der Waals surface area contributed by atoms with Crippen LogP contribution in [0.25, 0.3) is 10.1 Å². The van der Waals surface area contributed by atoms with Crippen molar-refractivity contribution in [3.8, 4) is 0 Å². The van der Waals surface area contributed by atoms with E-state index in [1.165, 1.54) is 45.8 Å². The van der Waals surface area contributed by atoms with E-state index in [1.807, 2.05) is 11.3 Å². The summed E-state index contributed by atoms with van der Waals surface area (Å²) in [7, 11) is 0. The third kappa shape index (κ3) is 3.20. The number of nitrogens with one attached hydrogen (secondary N) is 1. The molecule has 1 nitrogen and oxygen atoms in total. The lowest BCUT2D eigenvalue weighted by atomic mass is 9.77. The molecule has 3 heteroatoms. The van der Waals surface area contributed by atoms with Gasteiger partial charge in [0, 0.05) is 15.2 Å². The van der Waals surface area contributed by atoms with Gasteiger partial charge in [0.1, 0.15) is 0 Å². The van der Waals surface area contributed by atoms with Crippen LogP contribution in [0.4, 0.5) is 0 Å². The number of hydrogen-bond donors (Lipinski definition) is 1. The van der Waals surface area contributed by atoms with Crippen molar-refractivity contribution >= 4 is 37.4 Å². The number of halogens is 1. The predicted molar refractivity (Wildman–Crippen MR) is 97.1 cm³/mol. The lowest BCUT2D eigenvalue weighted by Gasteiger charge is -2.33. The summed E-state index contributed by atoms with van der Waals surface area (Å²) in [5.41, 5.74) is 1.51. The Morgan fingerprint density at radius 1 is 1.29 bits per heavy atom. The summed E-state index contributed by atoms with van der Waals surface area (Å²) in [6.45, 7) is 5.67. The van der Waals surface area contributed by atoms with Crippen LogP contribution in [0.5, 0.6) is 0 Å². The summed E-state index contributed by atoms with van der Waals surface area (Å²) in [6, 6.07) is 7.11. The molecule has 0 saturated heterocycles. The molecule has 0 radical (unpaired) electrons. The Kier molecular flexibility index (Phi) is 5.03. The Hall–Kier alpha value is -0.380. The molecule has 1 fully saturated rings. The molecule has 0 bridgehead atoms. The van der Waals surface area contributed by atoms with Gasteiger partial charge in [0.2, 0.25) is 0 Å². The minimum Gasteiger partial charge on any atom is -0.310 e. The number of thiophene rings is 1. The Morgan fingerprint density at radius 3 is 2.76 bits per heavy atom. The average molecular weight is 366 g/mol. The highest BCUT2D eigenvalue weighted by molar-refractivity contribution is 9.10. The van der Waals surface area contributed by atoms with E-state index >= 15 is 0 Å². The summed E-state index contributed by atoms with van der Waals surface area (Å²) in [5, 5.41) is 7.58. The van der Waals surface area contributed by atoms with Crippen molar-refractivity contribution < 1.29 is 0 Å². The van der Waals surface area contributed by atoms with Crippen LogP contribution in [-0.4, -0.2) is 6.54 Å². The molecule has 1 aromatic carbocycles. The van der Waals surface area contributed by atoms with Crippen LogP contribution < -0.4 is 5.32 Å². The first kappa shape index (κ1) is 15.5. The summed E-state index contributed by atoms with van der Waals surface area (Å²) in [4.78, 5) is 0. The van der Waals surface area contributed by atoms with Crippen LogP contribution in [0, 0.1) is 11.8 Å². The second kappa shape index (κ2) is 6.80. The minimum absolute atomic E-state index is 0.519. The molecular formula is C18H24BrNS. The van der Waals surface area contributed by atoms with Crippen LogP contribution in [0.2, 0.25) is 0 Å². The molecule has 1 aliphatic rings. The van der Waals surface area contributed by atoms with Crippen LogP contribution in [0.1, 0.15) is 51.1 Å². The second-order valence-corrected chi connectivity index (χ2v) is 8.10. The quantitative estimate of drug-likeness (QED) is 0.685. The van der Waals surface area contributed by atoms with Crippen LogP contribution in [0.3, 0.4) is 0 Å². The zero-order valence-electron chi connectivity index (χ0n) is 12.9. The van der Waals surface area contributed by atoms with Gasteiger partial charge in [0.05, 0.1) is 0 Å². The highest BCUT2D eigenvalue weighted by Gasteiger charge is 2.28. The number of fused-ring (bicyclic) bond motifs is 1. The SMILES string of the molecule is CCNC(c1csc2c(Br)cccc12)C1CCC(C)CC1. The van der Waals surface area contributed by atoms with E-state index in [4.69, 9.17) is 0 Å². The van der Waals surface area contributed by atoms with E-state index in [0.29, 0.717) is 6.04 Å². The van der Waals surface area contributed by atoms with Crippen LogP contribution in [0.15, 0.2) is 28.1 Å². The molecule has 21 heavy (non-hydrogen) atoms. The monoisotopic (exact) mass is 365 g/mol. The molecule has 2 aromatic rings. The lowest BCUT2D eigenvalue weighted by molar-refractivity contribution is 0.234. The topological polar surface area (TPSA) is 12.0 Å². The van der Waals surface area contributed by atoms with Gasteiger partial charge in [-0.1, -0.05) is 38.8 Å². The summed E-state index contributed by atoms with van der Waals surface area (Å²) >= 11 is 5.56. The standard InChI is InChI=1S/C18H24BrNS/c1-3-20-17(13-9-7-12(2)8-10-13)15-11-21-18-14(15)5-4-6-16(18)19/h4-6,11-13,17,20H,3,7-10H2,1-2H3. The molecule has 1 saturated carbocycles. The van der Waals surface area contributed by atoms with Crippen molar-refractivity contribution in [2.24, 2.45) is 11.8 Å². The largest absolute Gasteiger partial charge is 0.310 e. The summed E-state index contributed by atoms with van der Waals surface area (Å²) in [5.74, 6) is 1.70. The average Bonchev–Trinajstić information content (AvgIpc) is 2.91. The van der Waals surface area contributed by atoms with Gasteiger partial charge >= 0.3 is 0 Å². The Morgan fingerprint density at radius 2 is 2.05 bits per heavy atom. The van der Waals surface area contributed by atoms with Crippen LogP contribution in [-0.2, 0) is 0 Å². The number of hydrogen-bond acceptors (Lipinski definition) is 2. The van der Waals surface area contributed by atoms with Gasteiger partial charge in [0.25, 0.3) is 0 Å². The van der Waals surface area contributed by atoms with Crippen molar-refractivity contribution in [3.05, 3.63) is 33.6 Å². The molecule has 0 aliphatic heterocycles. The minimum atomic E-state index is 0.519. The van der Waals surface area contributed by atoms with E-state index in [-0.39, 0.29) is 0 Å². The molecule has 1 N–H and O–H groups in total.